The number of carbonyl (C=O) groups is 1. The van der Waals surface area contributed by atoms with Gasteiger partial charge in [0.15, 0.2) is 0 Å². The Morgan fingerprint density at radius 3 is 2.83 bits per heavy atom. The van der Waals surface area contributed by atoms with Crippen LogP contribution in [0.1, 0.15) is 22.5 Å². The molecule has 1 amide bonds. The van der Waals surface area contributed by atoms with E-state index in [1.807, 2.05) is 23.0 Å². The summed E-state index contributed by atoms with van der Waals surface area (Å²) in [6, 6.07) is 8.17. The molecule has 0 atom stereocenters. The summed E-state index contributed by atoms with van der Waals surface area (Å²) in [6.45, 7) is 2.05. The van der Waals surface area contributed by atoms with Crippen LogP contribution in [0.15, 0.2) is 30.5 Å². The number of nitrogens with zero attached hydrogens (tertiary/aromatic N) is 3. The minimum atomic E-state index is -0.362. The summed E-state index contributed by atoms with van der Waals surface area (Å²) in [7, 11) is 0. The number of nitrogens with two attached hydrogens (primary N) is 1. The molecule has 0 saturated carbocycles. The Hall–Kier alpha value is -2.89. The van der Waals surface area contributed by atoms with E-state index in [9.17, 15) is 4.79 Å². The van der Waals surface area contributed by atoms with Crippen molar-refractivity contribution in [3.8, 4) is 16.9 Å². The molecule has 0 aliphatic heterocycles. The molecule has 23 heavy (non-hydrogen) atoms. The molecule has 0 fully saturated rings. The van der Waals surface area contributed by atoms with E-state index in [4.69, 9.17) is 5.73 Å². The molecule has 0 bridgehead atoms. The normalized spacial score (nSPS) is 12.7. The van der Waals surface area contributed by atoms with Gasteiger partial charge >= 0.3 is 0 Å². The second-order valence-corrected chi connectivity index (χ2v) is 5.93. The number of benzene rings is 1. The summed E-state index contributed by atoms with van der Waals surface area (Å²) in [6.07, 6.45) is 3.69. The second-order valence-electron chi connectivity index (χ2n) is 5.93. The smallest absolute Gasteiger partial charge is 0.223 e. The van der Waals surface area contributed by atoms with Gasteiger partial charge in [-0.1, -0.05) is 17.7 Å². The van der Waals surface area contributed by atoms with Crippen LogP contribution in [0.3, 0.4) is 0 Å². The lowest BCUT2D eigenvalue weighted by atomic mass is 9.93. The van der Waals surface area contributed by atoms with E-state index in [2.05, 4.69) is 34.4 Å². The number of primary amides is 1. The summed E-state index contributed by atoms with van der Waals surface area (Å²) in [5.74, 6) is -0.362. The van der Waals surface area contributed by atoms with Crippen molar-refractivity contribution in [2.24, 2.45) is 5.73 Å². The second kappa shape index (κ2) is 5.08. The van der Waals surface area contributed by atoms with E-state index in [-0.39, 0.29) is 12.3 Å². The Balaban J connectivity index is 1.94. The van der Waals surface area contributed by atoms with Gasteiger partial charge in [-0.2, -0.15) is 10.2 Å². The highest BCUT2D eigenvalue weighted by atomic mass is 16.1. The zero-order valence-corrected chi connectivity index (χ0v) is 12.8. The number of hydrogen-bond donors (Lipinski definition) is 2. The number of hydrogen-bond acceptors (Lipinski definition) is 3. The van der Waals surface area contributed by atoms with Crippen LogP contribution in [0.25, 0.3) is 16.9 Å². The Bertz CT molecular complexity index is 888. The van der Waals surface area contributed by atoms with Crippen LogP contribution in [0.5, 0.6) is 0 Å². The van der Waals surface area contributed by atoms with E-state index >= 15 is 0 Å². The lowest BCUT2D eigenvalue weighted by molar-refractivity contribution is -0.117. The fourth-order valence-electron chi connectivity index (χ4n) is 3.17. The molecule has 6 heteroatoms. The first-order valence-electron chi connectivity index (χ1n) is 7.62. The van der Waals surface area contributed by atoms with Crippen molar-refractivity contribution >= 4 is 5.91 Å². The van der Waals surface area contributed by atoms with Gasteiger partial charge in [0.25, 0.3) is 0 Å². The highest BCUT2D eigenvalue weighted by molar-refractivity contribution is 5.79. The molecule has 116 valence electrons. The molecular weight excluding hydrogens is 290 g/mol. The Morgan fingerprint density at radius 1 is 1.30 bits per heavy atom. The van der Waals surface area contributed by atoms with E-state index < -0.39 is 0 Å². The lowest BCUT2D eigenvalue weighted by Gasteiger charge is -2.14. The van der Waals surface area contributed by atoms with Gasteiger partial charge in [-0.25, -0.2) is 4.68 Å². The third kappa shape index (κ3) is 2.23. The van der Waals surface area contributed by atoms with Crippen molar-refractivity contribution in [3.05, 3.63) is 53.0 Å². The van der Waals surface area contributed by atoms with Crippen LogP contribution in [0.2, 0.25) is 0 Å². The minimum absolute atomic E-state index is 0.161. The molecule has 3 N–H and O–H groups in total. The number of amides is 1. The first kappa shape index (κ1) is 13.8. The van der Waals surface area contributed by atoms with Gasteiger partial charge in [-0.15, -0.1) is 0 Å². The topological polar surface area (TPSA) is 89.6 Å². The highest BCUT2D eigenvalue weighted by Gasteiger charge is 2.27. The molecule has 3 aromatic rings. The average Bonchev–Trinajstić information content (AvgIpc) is 3.12. The van der Waals surface area contributed by atoms with Crippen LogP contribution < -0.4 is 5.73 Å². The molecule has 1 aromatic carbocycles. The quantitative estimate of drug-likeness (QED) is 0.771. The van der Waals surface area contributed by atoms with Crippen molar-refractivity contribution in [2.75, 3.05) is 0 Å². The molecular formula is C17H17N5O. The maximum atomic E-state index is 11.4. The summed E-state index contributed by atoms with van der Waals surface area (Å²) < 4.78 is 1.90. The largest absolute Gasteiger partial charge is 0.369 e. The zero-order chi connectivity index (χ0) is 16.0. The summed E-state index contributed by atoms with van der Waals surface area (Å²) >= 11 is 0. The molecule has 0 spiro atoms. The monoisotopic (exact) mass is 307 g/mol. The number of carbonyl (C=O) groups excluding carboxylic acids is 1. The van der Waals surface area contributed by atoms with E-state index in [0.29, 0.717) is 0 Å². The van der Waals surface area contributed by atoms with Gasteiger partial charge in [0.1, 0.15) is 0 Å². The zero-order valence-electron chi connectivity index (χ0n) is 12.8. The number of fused-ring (bicyclic) bond motifs is 3. The summed E-state index contributed by atoms with van der Waals surface area (Å²) in [5, 5.41) is 11.9. The van der Waals surface area contributed by atoms with Crippen molar-refractivity contribution in [3.63, 3.8) is 0 Å². The molecule has 0 unspecified atom stereocenters. The van der Waals surface area contributed by atoms with Crippen molar-refractivity contribution in [1.29, 1.82) is 0 Å². The van der Waals surface area contributed by atoms with Crippen LogP contribution >= 0.6 is 0 Å². The Labute approximate surface area is 133 Å². The fraction of sp³-hybridized carbons (Fsp3) is 0.235. The minimum Gasteiger partial charge on any atom is -0.369 e. The number of nitrogens with one attached hydrogen (secondary N) is 1. The fourth-order valence-corrected chi connectivity index (χ4v) is 3.17. The highest BCUT2D eigenvalue weighted by Crippen LogP contribution is 2.36. The standard InChI is InChI=1S/C17H17N5O/c1-10-2-4-11(5-3-10)22-17-12(15(21-22)8-16(18)23)6-7-14-13(17)9-19-20-14/h2-5,9H,6-8H2,1H3,(H2,18,23)(H,19,20). The third-order valence-electron chi connectivity index (χ3n) is 4.29. The molecule has 2 aromatic heterocycles. The number of H-pyrrole nitrogens is 1. The summed E-state index contributed by atoms with van der Waals surface area (Å²) in [4.78, 5) is 11.4. The van der Waals surface area contributed by atoms with Crippen molar-refractivity contribution in [2.45, 2.75) is 26.2 Å². The van der Waals surface area contributed by atoms with E-state index in [1.54, 1.807) is 0 Å². The maximum Gasteiger partial charge on any atom is 0.223 e. The molecule has 2 heterocycles. The Morgan fingerprint density at radius 2 is 2.09 bits per heavy atom. The number of aromatic amines is 1. The SMILES string of the molecule is Cc1ccc(-n2nc(CC(N)=O)c3c2-c2cn[nH]c2CC3)cc1. The number of aryl methyl sites for hydroxylation is 2. The van der Waals surface area contributed by atoms with Gasteiger partial charge in [0.05, 0.1) is 29.7 Å². The van der Waals surface area contributed by atoms with Crippen molar-refractivity contribution < 1.29 is 4.79 Å². The van der Waals surface area contributed by atoms with Crippen LogP contribution in [-0.2, 0) is 24.1 Å². The third-order valence-corrected chi connectivity index (χ3v) is 4.29. The number of aromatic nitrogens is 4. The molecule has 0 radical (unpaired) electrons. The molecule has 4 rings (SSSR count). The Kier molecular flexibility index (Phi) is 3.04. The van der Waals surface area contributed by atoms with Crippen LogP contribution in [0, 0.1) is 6.92 Å². The van der Waals surface area contributed by atoms with Crippen LogP contribution in [-0.4, -0.2) is 25.9 Å². The predicted molar refractivity (Wildman–Crippen MR) is 86.2 cm³/mol. The molecule has 6 nitrogen and oxygen atoms in total. The maximum absolute atomic E-state index is 11.4. The van der Waals surface area contributed by atoms with Gasteiger partial charge in [0.2, 0.25) is 5.91 Å². The molecule has 1 aliphatic carbocycles. The number of rotatable bonds is 3. The van der Waals surface area contributed by atoms with E-state index in [0.717, 1.165) is 46.7 Å². The first-order chi connectivity index (χ1) is 11.1. The van der Waals surface area contributed by atoms with Gasteiger partial charge < -0.3 is 5.73 Å². The average molecular weight is 307 g/mol. The summed E-state index contributed by atoms with van der Waals surface area (Å²) in [5.41, 5.74) is 12.6. The molecule has 1 aliphatic rings. The van der Waals surface area contributed by atoms with Gasteiger partial charge in [-0.05, 0) is 31.9 Å². The predicted octanol–water partition coefficient (Wildman–Crippen LogP) is 1.70. The van der Waals surface area contributed by atoms with Gasteiger partial charge in [0, 0.05) is 16.8 Å². The van der Waals surface area contributed by atoms with Gasteiger partial charge in [-0.3, -0.25) is 9.89 Å². The lowest BCUT2D eigenvalue weighted by Crippen LogP contribution is -2.15. The first-order valence-corrected chi connectivity index (χ1v) is 7.62. The van der Waals surface area contributed by atoms with Crippen LogP contribution in [0.4, 0.5) is 0 Å². The molecule has 0 saturated heterocycles. The van der Waals surface area contributed by atoms with E-state index in [1.165, 1.54) is 5.56 Å². The van der Waals surface area contributed by atoms with Crippen molar-refractivity contribution in [1.82, 2.24) is 20.0 Å².